The lowest BCUT2D eigenvalue weighted by molar-refractivity contribution is 0.140. The van der Waals surface area contributed by atoms with Crippen molar-refractivity contribution in [1.29, 1.82) is 0 Å². The number of nitrogens with zero attached hydrogens (tertiary/aromatic N) is 1. The van der Waals surface area contributed by atoms with Gasteiger partial charge in [-0.2, -0.15) is 5.10 Å². The van der Waals surface area contributed by atoms with Gasteiger partial charge in [-0.1, -0.05) is 42.2 Å². The van der Waals surface area contributed by atoms with Crippen molar-refractivity contribution in [2.75, 3.05) is 12.3 Å². The van der Waals surface area contributed by atoms with Gasteiger partial charge in [-0.25, -0.2) is 4.79 Å². The number of H-pyrrole nitrogens is 1. The van der Waals surface area contributed by atoms with Gasteiger partial charge >= 0.3 is 6.09 Å². The first-order valence-electron chi connectivity index (χ1n) is 6.90. The molecular weight excluding hydrogens is 280 g/mol. The van der Waals surface area contributed by atoms with Gasteiger partial charge in [0.05, 0.1) is 5.56 Å². The van der Waals surface area contributed by atoms with Crippen LogP contribution in [-0.4, -0.2) is 22.8 Å². The predicted molar refractivity (Wildman–Crippen MR) is 83.9 cm³/mol. The number of rotatable bonds is 4. The Balaban J connectivity index is 1.68. The van der Waals surface area contributed by atoms with E-state index in [-0.39, 0.29) is 6.61 Å². The number of nitrogens with two attached hydrogens (primary N) is 1. The number of aryl methyl sites for hydroxylation is 1. The quantitative estimate of drug-likeness (QED) is 0.594. The maximum atomic E-state index is 11.5. The molecule has 1 aromatic carbocycles. The highest BCUT2D eigenvalue weighted by Crippen LogP contribution is 2.09. The number of benzene rings is 1. The molecule has 4 N–H and O–H groups in total. The standard InChI is InChI=1S/C16H18N4O2/c1-12-14(15(17)20-19-12)9-5-6-10-18-16(21)22-11-13-7-3-2-4-8-13/h2-4,7-8H,6,10-11H2,1H3,(H,18,21)(H3,17,19,20). The SMILES string of the molecule is Cc1[nH]nc(N)c1C#CCCNC(=O)OCc1ccccc1. The fraction of sp³-hybridized carbons (Fsp3) is 0.250. The lowest BCUT2D eigenvalue weighted by Crippen LogP contribution is -2.24. The number of anilines is 1. The second kappa shape index (κ2) is 7.74. The van der Waals surface area contributed by atoms with E-state index in [0.29, 0.717) is 24.3 Å². The van der Waals surface area contributed by atoms with E-state index in [4.69, 9.17) is 10.5 Å². The van der Waals surface area contributed by atoms with E-state index in [1.54, 1.807) is 0 Å². The Morgan fingerprint density at radius 3 is 2.86 bits per heavy atom. The number of carbonyl (C=O) groups is 1. The topological polar surface area (TPSA) is 93.0 Å². The summed E-state index contributed by atoms with van der Waals surface area (Å²) in [6.45, 7) is 2.52. The number of ether oxygens (including phenoxy) is 1. The van der Waals surface area contributed by atoms with Gasteiger partial charge in [0.15, 0.2) is 5.82 Å². The summed E-state index contributed by atoms with van der Waals surface area (Å²) in [6.07, 6.45) is 0.0504. The molecule has 0 saturated heterocycles. The molecule has 0 fully saturated rings. The Hall–Kier alpha value is -2.94. The molecule has 1 amide bonds. The van der Waals surface area contributed by atoms with Crippen molar-refractivity contribution in [3.05, 3.63) is 47.2 Å². The first kappa shape index (κ1) is 15.4. The summed E-state index contributed by atoms with van der Waals surface area (Å²) < 4.78 is 5.09. The number of nitrogen functional groups attached to an aromatic ring is 1. The Labute approximate surface area is 129 Å². The summed E-state index contributed by atoms with van der Waals surface area (Å²) in [6, 6.07) is 9.51. The first-order chi connectivity index (χ1) is 10.7. The van der Waals surface area contributed by atoms with E-state index in [9.17, 15) is 4.79 Å². The van der Waals surface area contributed by atoms with Crippen molar-refractivity contribution in [2.24, 2.45) is 0 Å². The van der Waals surface area contributed by atoms with Crippen molar-refractivity contribution in [3.8, 4) is 11.8 Å². The zero-order valence-electron chi connectivity index (χ0n) is 12.3. The van der Waals surface area contributed by atoms with Gasteiger partial charge < -0.3 is 15.8 Å². The van der Waals surface area contributed by atoms with Crippen molar-refractivity contribution >= 4 is 11.9 Å². The van der Waals surface area contributed by atoms with E-state index in [1.807, 2.05) is 37.3 Å². The number of hydrogen-bond acceptors (Lipinski definition) is 4. The third-order valence-corrected chi connectivity index (χ3v) is 2.92. The minimum absolute atomic E-state index is 0.253. The largest absolute Gasteiger partial charge is 0.445 e. The number of amides is 1. The van der Waals surface area contributed by atoms with Crippen LogP contribution in [0.15, 0.2) is 30.3 Å². The molecule has 0 spiro atoms. The molecule has 0 aliphatic rings. The van der Waals surface area contributed by atoms with Crippen LogP contribution in [0.3, 0.4) is 0 Å². The van der Waals surface area contributed by atoms with Crippen molar-refractivity contribution in [3.63, 3.8) is 0 Å². The molecule has 0 aliphatic heterocycles. The van der Waals surface area contributed by atoms with Crippen LogP contribution in [0.4, 0.5) is 10.6 Å². The fourth-order valence-corrected chi connectivity index (χ4v) is 1.76. The predicted octanol–water partition coefficient (Wildman–Crippen LogP) is 1.97. The second-order valence-electron chi connectivity index (χ2n) is 4.65. The Morgan fingerprint density at radius 2 is 2.18 bits per heavy atom. The van der Waals surface area contributed by atoms with Crippen LogP contribution < -0.4 is 11.1 Å². The molecule has 114 valence electrons. The molecule has 1 aromatic heterocycles. The summed E-state index contributed by atoms with van der Waals surface area (Å²) in [5.74, 6) is 6.26. The highest BCUT2D eigenvalue weighted by molar-refractivity contribution is 5.67. The maximum Gasteiger partial charge on any atom is 0.407 e. The number of alkyl carbamates (subject to hydrolysis) is 1. The van der Waals surface area contributed by atoms with Gasteiger partial charge in [-0.3, -0.25) is 5.10 Å². The molecule has 22 heavy (non-hydrogen) atoms. The first-order valence-corrected chi connectivity index (χ1v) is 6.90. The molecule has 2 rings (SSSR count). The number of hydrogen-bond donors (Lipinski definition) is 3. The van der Waals surface area contributed by atoms with E-state index < -0.39 is 6.09 Å². The molecule has 0 saturated carbocycles. The Kier molecular flexibility index (Phi) is 5.44. The van der Waals surface area contributed by atoms with E-state index in [0.717, 1.165) is 11.3 Å². The van der Waals surface area contributed by atoms with Gasteiger partial charge in [-0.05, 0) is 12.5 Å². The van der Waals surface area contributed by atoms with Crippen LogP contribution in [0.1, 0.15) is 23.2 Å². The van der Waals surface area contributed by atoms with Crippen LogP contribution in [0.5, 0.6) is 0 Å². The molecule has 0 aliphatic carbocycles. The van der Waals surface area contributed by atoms with Gasteiger partial charge in [0.1, 0.15) is 6.61 Å². The summed E-state index contributed by atoms with van der Waals surface area (Å²) in [4.78, 5) is 11.5. The van der Waals surface area contributed by atoms with Crippen LogP contribution in [0.25, 0.3) is 0 Å². The molecule has 0 atom stereocenters. The lowest BCUT2D eigenvalue weighted by Gasteiger charge is -2.05. The monoisotopic (exact) mass is 298 g/mol. The van der Waals surface area contributed by atoms with Crippen molar-refractivity contribution in [2.45, 2.75) is 20.0 Å². The summed E-state index contributed by atoms with van der Waals surface area (Å²) in [5, 5.41) is 9.26. The summed E-state index contributed by atoms with van der Waals surface area (Å²) in [7, 11) is 0. The Morgan fingerprint density at radius 1 is 1.41 bits per heavy atom. The highest BCUT2D eigenvalue weighted by Gasteiger charge is 2.03. The number of aromatic amines is 1. The average molecular weight is 298 g/mol. The zero-order valence-corrected chi connectivity index (χ0v) is 12.3. The number of carbonyl (C=O) groups excluding carboxylic acids is 1. The molecule has 1 heterocycles. The second-order valence-corrected chi connectivity index (χ2v) is 4.65. The van der Waals surface area contributed by atoms with Gasteiger partial charge in [0.2, 0.25) is 0 Å². The fourth-order valence-electron chi connectivity index (χ4n) is 1.76. The molecule has 6 heteroatoms. The summed E-state index contributed by atoms with van der Waals surface area (Å²) >= 11 is 0. The average Bonchev–Trinajstić information content (AvgIpc) is 2.85. The minimum Gasteiger partial charge on any atom is -0.445 e. The van der Waals surface area contributed by atoms with Gasteiger partial charge in [0.25, 0.3) is 0 Å². The molecule has 2 aromatic rings. The molecular formula is C16H18N4O2. The van der Waals surface area contributed by atoms with E-state index >= 15 is 0 Å². The van der Waals surface area contributed by atoms with Gasteiger partial charge in [-0.15, -0.1) is 0 Å². The van der Waals surface area contributed by atoms with Crippen LogP contribution in [-0.2, 0) is 11.3 Å². The third-order valence-electron chi connectivity index (χ3n) is 2.92. The smallest absolute Gasteiger partial charge is 0.407 e. The zero-order chi connectivity index (χ0) is 15.8. The highest BCUT2D eigenvalue weighted by atomic mass is 16.5. The van der Waals surface area contributed by atoms with Crippen molar-refractivity contribution < 1.29 is 9.53 Å². The molecule has 0 unspecified atom stereocenters. The minimum atomic E-state index is -0.454. The number of aromatic nitrogens is 2. The molecule has 6 nitrogen and oxygen atoms in total. The molecule has 0 bridgehead atoms. The van der Waals surface area contributed by atoms with Crippen molar-refractivity contribution in [1.82, 2.24) is 15.5 Å². The number of nitrogens with one attached hydrogen (secondary N) is 2. The normalized spacial score (nSPS) is 9.68. The Bertz CT molecular complexity index is 664. The van der Waals surface area contributed by atoms with Gasteiger partial charge in [0, 0.05) is 18.7 Å². The lowest BCUT2D eigenvalue weighted by atomic mass is 10.2. The molecule has 0 radical (unpaired) electrons. The van der Waals surface area contributed by atoms with Crippen LogP contribution in [0.2, 0.25) is 0 Å². The summed E-state index contributed by atoms with van der Waals surface area (Å²) in [5.41, 5.74) is 8.15. The van der Waals surface area contributed by atoms with Crippen LogP contribution in [0, 0.1) is 18.8 Å². The van der Waals surface area contributed by atoms with E-state index in [2.05, 4.69) is 27.4 Å². The van der Waals surface area contributed by atoms with Crippen LogP contribution >= 0.6 is 0 Å². The third kappa shape index (κ3) is 4.56. The van der Waals surface area contributed by atoms with E-state index in [1.165, 1.54) is 0 Å². The maximum absolute atomic E-state index is 11.5.